The van der Waals surface area contributed by atoms with Crippen molar-refractivity contribution in [3.05, 3.63) is 65.8 Å². The first-order chi connectivity index (χ1) is 11.1. The molecule has 0 spiro atoms. The van der Waals surface area contributed by atoms with Crippen molar-refractivity contribution in [2.75, 3.05) is 5.73 Å². The Hall–Kier alpha value is -3.42. The molecule has 0 amide bonds. The second-order valence-electron chi connectivity index (χ2n) is 4.94. The quantitative estimate of drug-likeness (QED) is 0.283. The number of anilines is 1. The molecule has 0 atom stereocenters. The van der Waals surface area contributed by atoms with E-state index >= 15 is 0 Å². The number of aromatic nitrogens is 5. The fourth-order valence-electron chi connectivity index (χ4n) is 2.06. The van der Waals surface area contributed by atoms with Crippen LogP contribution in [0.25, 0.3) is 5.76 Å². The van der Waals surface area contributed by atoms with E-state index in [1.807, 2.05) is 28.8 Å². The monoisotopic (exact) mass is 310 g/mol. The van der Waals surface area contributed by atoms with Gasteiger partial charge in [0.05, 0.1) is 0 Å². The van der Waals surface area contributed by atoms with Gasteiger partial charge in [0.1, 0.15) is 0 Å². The summed E-state index contributed by atoms with van der Waals surface area (Å²) >= 11 is 0. The number of carbonyl (C=O) groups is 1. The summed E-state index contributed by atoms with van der Waals surface area (Å²) in [5.74, 6) is -0.710. The number of hydrogen-bond acceptors (Lipinski definition) is 6. The van der Waals surface area contributed by atoms with E-state index in [1.165, 1.54) is 0 Å². The Labute approximate surface area is 131 Å². The SMILES string of the molecule is Nc1ccc(Cn2ccc(C(=O)C=C(O)c3nn[nH]n3)c2)cc1. The minimum absolute atomic E-state index is 0.0281. The lowest BCUT2D eigenvalue weighted by Gasteiger charge is -2.03. The lowest BCUT2D eigenvalue weighted by molar-refractivity contribution is 0.104. The molecule has 0 saturated heterocycles. The Balaban J connectivity index is 1.72. The van der Waals surface area contributed by atoms with Crippen LogP contribution in [0.1, 0.15) is 21.7 Å². The van der Waals surface area contributed by atoms with Crippen LogP contribution in [0, 0.1) is 0 Å². The van der Waals surface area contributed by atoms with Gasteiger partial charge in [-0.2, -0.15) is 5.21 Å². The van der Waals surface area contributed by atoms with Crippen LogP contribution < -0.4 is 5.73 Å². The molecule has 0 aliphatic heterocycles. The van der Waals surface area contributed by atoms with Gasteiger partial charge in [-0.05, 0) is 29.0 Å². The minimum atomic E-state index is -0.344. The summed E-state index contributed by atoms with van der Waals surface area (Å²) in [6.07, 6.45) is 4.56. The number of allylic oxidation sites excluding steroid dienone is 1. The largest absolute Gasteiger partial charge is 0.504 e. The number of aliphatic hydroxyl groups is 1. The second kappa shape index (κ2) is 6.14. The zero-order valence-corrected chi connectivity index (χ0v) is 12.0. The highest BCUT2D eigenvalue weighted by Crippen LogP contribution is 2.11. The summed E-state index contributed by atoms with van der Waals surface area (Å²) in [5.41, 5.74) is 7.88. The Morgan fingerprint density at radius 2 is 2.09 bits per heavy atom. The van der Waals surface area contributed by atoms with E-state index in [-0.39, 0.29) is 17.4 Å². The van der Waals surface area contributed by atoms with E-state index in [2.05, 4.69) is 20.6 Å². The Bertz CT molecular complexity index is 833. The van der Waals surface area contributed by atoms with Crippen molar-refractivity contribution in [1.29, 1.82) is 0 Å². The highest BCUT2D eigenvalue weighted by molar-refractivity contribution is 6.07. The first-order valence-corrected chi connectivity index (χ1v) is 6.81. The van der Waals surface area contributed by atoms with E-state index in [4.69, 9.17) is 5.73 Å². The normalized spacial score (nSPS) is 11.6. The Morgan fingerprint density at radius 1 is 1.30 bits per heavy atom. The molecule has 2 aromatic heterocycles. The van der Waals surface area contributed by atoms with Crippen LogP contribution in [0.15, 0.2) is 48.8 Å². The third-order valence-electron chi connectivity index (χ3n) is 3.22. The molecule has 116 valence electrons. The van der Waals surface area contributed by atoms with E-state index in [1.54, 1.807) is 18.5 Å². The molecule has 0 fully saturated rings. The van der Waals surface area contributed by atoms with Gasteiger partial charge in [0.25, 0.3) is 0 Å². The molecule has 0 unspecified atom stereocenters. The maximum absolute atomic E-state index is 12.1. The van der Waals surface area contributed by atoms with E-state index in [9.17, 15) is 9.90 Å². The number of nitrogens with one attached hydrogen (secondary N) is 1. The lowest BCUT2D eigenvalue weighted by Crippen LogP contribution is -1.99. The van der Waals surface area contributed by atoms with E-state index < -0.39 is 0 Å². The van der Waals surface area contributed by atoms with Gasteiger partial charge in [-0.1, -0.05) is 12.1 Å². The first kappa shape index (κ1) is 14.5. The van der Waals surface area contributed by atoms with Gasteiger partial charge in [0, 0.05) is 36.3 Å². The van der Waals surface area contributed by atoms with Crippen molar-refractivity contribution in [3.8, 4) is 0 Å². The third kappa shape index (κ3) is 3.43. The number of aromatic amines is 1. The number of benzene rings is 1. The zero-order chi connectivity index (χ0) is 16.2. The molecule has 0 saturated carbocycles. The summed E-state index contributed by atoms with van der Waals surface area (Å²) in [6.45, 7) is 0.619. The molecule has 3 aromatic rings. The molecular weight excluding hydrogens is 296 g/mol. The van der Waals surface area contributed by atoms with Gasteiger partial charge in [-0.15, -0.1) is 10.2 Å². The van der Waals surface area contributed by atoms with Crippen LogP contribution in [0.3, 0.4) is 0 Å². The van der Waals surface area contributed by atoms with Crippen molar-refractivity contribution in [3.63, 3.8) is 0 Å². The number of ketones is 1. The number of rotatable bonds is 5. The molecule has 23 heavy (non-hydrogen) atoms. The van der Waals surface area contributed by atoms with E-state index in [0.717, 1.165) is 11.6 Å². The highest BCUT2D eigenvalue weighted by Gasteiger charge is 2.10. The van der Waals surface area contributed by atoms with Crippen LogP contribution in [0.5, 0.6) is 0 Å². The first-order valence-electron chi connectivity index (χ1n) is 6.81. The second-order valence-corrected chi connectivity index (χ2v) is 4.94. The predicted molar refractivity (Wildman–Crippen MR) is 83.5 cm³/mol. The third-order valence-corrected chi connectivity index (χ3v) is 3.22. The topological polar surface area (TPSA) is 123 Å². The summed E-state index contributed by atoms with van der Waals surface area (Å²) in [7, 11) is 0. The van der Waals surface area contributed by atoms with Gasteiger partial charge in [0.15, 0.2) is 11.5 Å². The Kier molecular flexibility index (Phi) is 3.88. The molecule has 0 bridgehead atoms. The van der Waals surface area contributed by atoms with Crippen LogP contribution in [-0.2, 0) is 6.54 Å². The van der Waals surface area contributed by atoms with Crippen LogP contribution in [0.4, 0.5) is 5.69 Å². The number of carbonyl (C=O) groups excluding carboxylic acids is 1. The minimum Gasteiger partial charge on any atom is -0.504 e. The van der Waals surface area contributed by atoms with Crippen molar-refractivity contribution >= 4 is 17.2 Å². The number of nitrogens with zero attached hydrogens (tertiary/aromatic N) is 4. The molecule has 2 heterocycles. The standard InChI is InChI=1S/C15H14N6O2/c16-12-3-1-10(2-4-12)8-21-6-5-11(9-21)13(22)7-14(23)15-17-19-20-18-15/h1-7,9,23H,8,16H2,(H,17,18,19,20). The van der Waals surface area contributed by atoms with Crippen molar-refractivity contribution in [1.82, 2.24) is 25.2 Å². The summed E-state index contributed by atoms with van der Waals surface area (Å²) in [4.78, 5) is 12.1. The van der Waals surface area contributed by atoms with Crippen LogP contribution in [0.2, 0.25) is 0 Å². The highest BCUT2D eigenvalue weighted by atomic mass is 16.3. The molecule has 3 rings (SSSR count). The number of nitrogen functional groups attached to an aromatic ring is 1. The number of nitrogens with two attached hydrogens (primary N) is 1. The van der Waals surface area contributed by atoms with Crippen LogP contribution >= 0.6 is 0 Å². The zero-order valence-electron chi connectivity index (χ0n) is 12.0. The molecule has 0 aliphatic carbocycles. The Morgan fingerprint density at radius 3 is 2.78 bits per heavy atom. The smallest absolute Gasteiger partial charge is 0.239 e. The van der Waals surface area contributed by atoms with Gasteiger partial charge in [-0.3, -0.25) is 4.79 Å². The van der Waals surface area contributed by atoms with Gasteiger partial charge < -0.3 is 15.4 Å². The number of hydrogen-bond donors (Lipinski definition) is 3. The average molecular weight is 310 g/mol. The summed E-state index contributed by atoms with van der Waals surface area (Å²) in [6, 6.07) is 9.20. The molecule has 0 radical (unpaired) electrons. The molecule has 8 heteroatoms. The molecule has 4 N–H and O–H groups in total. The maximum atomic E-state index is 12.1. The lowest BCUT2D eigenvalue weighted by atomic mass is 10.2. The fraction of sp³-hybridized carbons (Fsp3) is 0.0667. The fourth-order valence-corrected chi connectivity index (χ4v) is 2.06. The average Bonchev–Trinajstić information content (AvgIpc) is 3.21. The van der Waals surface area contributed by atoms with Gasteiger partial charge in [0.2, 0.25) is 5.82 Å². The molecule has 0 aliphatic rings. The van der Waals surface area contributed by atoms with Crippen molar-refractivity contribution < 1.29 is 9.90 Å². The molecular formula is C15H14N6O2. The van der Waals surface area contributed by atoms with Crippen molar-refractivity contribution in [2.24, 2.45) is 0 Å². The number of H-pyrrole nitrogens is 1. The summed E-state index contributed by atoms with van der Waals surface area (Å²) < 4.78 is 1.87. The summed E-state index contributed by atoms with van der Waals surface area (Å²) in [5, 5.41) is 22.5. The van der Waals surface area contributed by atoms with E-state index in [0.29, 0.717) is 17.8 Å². The number of aliphatic hydroxyl groups excluding tert-OH is 1. The maximum Gasteiger partial charge on any atom is 0.239 e. The van der Waals surface area contributed by atoms with Gasteiger partial charge in [-0.25, -0.2) is 0 Å². The molecule has 1 aromatic carbocycles. The predicted octanol–water partition coefficient (Wildman–Crippen LogP) is 1.41. The molecule has 8 nitrogen and oxygen atoms in total. The van der Waals surface area contributed by atoms with Crippen LogP contribution in [-0.4, -0.2) is 36.1 Å². The van der Waals surface area contributed by atoms with Crippen molar-refractivity contribution in [2.45, 2.75) is 6.54 Å². The number of tetrazole rings is 1. The van der Waals surface area contributed by atoms with Gasteiger partial charge >= 0.3 is 0 Å².